The SMILES string of the molecule is CCCC[C@H]1C[C@@H](CCC)C(=O)O1. The quantitative estimate of drug-likeness (QED) is 0.614. The van der Waals surface area contributed by atoms with Gasteiger partial charge >= 0.3 is 5.97 Å². The van der Waals surface area contributed by atoms with Crippen LogP contribution in [-0.2, 0) is 9.53 Å². The maximum Gasteiger partial charge on any atom is 0.309 e. The summed E-state index contributed by atoms with van der Waals surface area (Å²) < 4.78 is 5.29. The van der Waals surface area contributed by atoms with E-state index < -0.39 is 0 Å². The third-order valence-corrected chi connectivity index (χ3v) is 2.68. The van der Waals surface area contributed by atoms with E-state index in [2.05, 4.69) is 13.8 Å². The molecule has 0 spiro atoms. The fourth-order valence-corrected chi connectivity index (χ4v) is 1.91. The van der Waals surface area contributed by atoms with Crippen LogP contribution in [0.5, 0.6) is 0 Å². The van der Waals surface area contributed by atoms with Crippen LogP contribution in [0.15, 0.2) is 0 Å². The maximum atomic E-state index is 11.3. The van der Waals surface area contributed by atoms with Crippen LogP contribution in [0.2, 0.25) is 0 Å². The van der Waals surface area contributed by atoms with Crippen LogP contribution in [-0.4, -0.2) is 12.1 Å². The van der Waals surface area contributed by atoms with E-state index in [1.165, 1.54) is 12.8 Å². The second kappa shape index (κ2) is 5.25. The molecule has 2 heteroatoms. The van der Waals surface area contributed by atoms with Gasteiger partial charge in [-0.25, -0.2) is 0 Å². The number of ether oxygens (including phenoxy) is 1. The molecule has 0 radical (unpaired) electrons. The van der Waals surface area contributed by atoms with E-state index in [9.17, 15) is 4.79 Å². The topological polar surface area (TPSA) is 26.3 Å². The van der Waals surface area contributed by atoms with E-state index in [0.717, 1.165) is 25.7 Å². The van der Waals surface area contributed by atoms with E-state index in [1.807, 2.05) is 0 Å². The van der Waals surface area contributed by atoms with Gasteiger partial charge in [0.15, 0.2) is 0 Å². The molecule has 2 atom stereocenters. The van der Waals surface area contributed by atoms with Crippen LogP contribution < -0.4 is 0 Å². The normalized spacial score (nSPS) is 27.7. The highest BCUT2D eigenvalue weighted by molar-refractivity contribution is 5.74. The Morgan fingerprint density at radius 3 is 2.69 bits per heavy atom. The zero-order chi connectivity index (χ0) is 9.68. The monoisotopic (exact) mass is 184 g/mol. The van der Waals surface area contributed by atoms with Crippen molar-refractivity contribution in [1.82, 2.24) is 0 Å². The van der Waals surface area contributed by atoms with E-state index in [1.54, 1.807) is 0 Å². The fraction of sp³-hybridized carbons (Fsp3) is 0.909. The number of esters is 1. The van der Waals surface area contributed by atoms with E-state index in [0.29, 0.717) is 0 Å². The highest BCUT2D eigenvalue weighted by Crippen LogP contribution is 2.27. The zero-order valence-corrected chi connectivity index (χ0v) is 8.71. The second-order valence-electron chi connectivity index (χ2n) is 3.92. The molecule has 76 valence electrons. The summed E-state index contributed by atoms with van der Waals surface area (Å²) in [6.07, 6.45) is 6.70. The molecule has 0 aromatic rings. The van der Waals surface area contributed by atoms with E-state index in [4.69, 9.17) is 4.74 Å². The van der Waals surface area contributed by atoms with Crippen LogP contribution in [0.1, 0.15) is 52.4 Å². The van der Waals surface area contributed by atoms with Crippen molar-refractivity contribution < 1.29 is 9.53 Å². The lowest BCUT2D eigenvalue weighted by molar-refractivity contribution is -0.144. The van der Waals surface area contributed by atoms with Gasteiger partial charge in [0.2, 0.25) is 0 Å². The molecule has 0 amide bonds. The van der Waals surface area contributed by atoms with Gasteiger partial charge in [-0.05, 0) is 19.3 Å². The molecular formula is C11H20O2. The van der Waals surface area contributed by atoms with Gasteiger partial charge < -0.3 is 4.74 Å². The minimum atomic E-state index is 0.0444. The van der Waals surface area contributed by atoms with Crippen molar-refractivity contribution in [2.45, 2.75) is 58.5 Å². The summed E-state index contributed by atoms with van der Waals surface area (Å²) in [5, 5.41) is 0. The first kappa shape index (κ1) is 10.6. The molecule has 1 aliphatic rings. The number of carbonyl (C=O) groups is 1. The Morgan fingerprint density at radius 2 is 2.08 bits per heavy atom. The summed E-state index contributed by atoms with van der Waals surface area (Å²) in [4.78, 5) is 11.3. The van der Waals surface area contributed by atoms with Crippen molar-refractivity contribution in [2.24, 2.45) is 5.92 Å². The van der Waals surface area contributed by atoms with Gasteiger partial charge in [-0.1, -0.05) is 33.1 Å². The minimum Gasteiger partial charge on any atom is -0.462 e. The maximum absolute atomic E-state index is 11.3. The molecule has 0 bridgehead atoms. The highest BCUT2D eigenvalue weighted by atomic mass is 16.5. The Balaban J connectivity index is 2.27. The lowest BCUT2D eigenvalue weighted by Gasteiger charge is -2.06. The average molecular weight is 184 g/mol. The summed E-state index contributed by atoms with van der Waals surface area (Å²) in [5.74, 6) is 0.245. The number of hydrogen-bond acceptors (Lipinski definition) is 2. The predicted octanol–water partition coefficient (Wildman–Crippen LogP) is 2.91. The van der Waals surface area contributed by atoms with Gasteiger partial charge in [-0.15, -0.1) is 0 Å². The molecule has 0 saturated carbocycles. The second-order valence-corrected chi connectivity index (χ2v) is 3.92. The Morgan fingerprint density at radius 1 is 1.31 bits per heavy atom. The van der Waals surface area contributed by atoms with Crippen LogP contribution in [0.4, 0.5) is 0 Å². The number of unbranched alkanes of at least 4 members (excludes halogenated alkanes) is 1. The lowest BCUT2D eigenvalue weighted by Crippen LogP contribution is -2.07. The first-order valence-electron chi connectivity index (χ1n) is 5.48. The third-order valence-electron chi connectivity index (χ3n) is 2.68. The molecule has 1 aliphatic heterocycles. The molecule has 1 saturated heterocycles. The number of rotatable bonds is 5. The Bertz CT molecular complexity index is 165. The highest BCUT2D eigenvalue weighted by Gasteiger charge is 2.32. The first-order valence-corrected chi connectivity index (χ1v) is 5.48. The molecule has 2 nitrogen and oxygen atoms in total. The molecule has 0 N–H and O–H groups in total. The average Bonchev–Trinajstić information content (AvgIpc) is 2.45. The standard InChI is InChI=1S/C11H20O2/c1-3-5-7-10-8-9(6-4-2)11(12)13-10/h9-10H,3-8H2,1-2H3/t9-,10+/m1/s1. The Labute approximate surface area is 80.7 Å². The van der Waals surface area contributed by atoms with Gasteiger partial charge in [0, 0.05) is 0 Å². The third kappa shape index (κ3) is 3.02. The summed E-state index contributed by atoms with van der Waals surface area (Å²) in [6.45, 7) is 4.28. The largest absolute Gasteiger partial charge is 0.462 e. The summed E-state index contributed by atoms with van der Waals surface area (Å²) in [7, 11) is 0. The van der Waals surface area contributed by atoms with Crippen molar-refractivity contribution in [1.29, 1.82) is 0 Å². The van der Waals surface area contributed by atoms with Gasteiger partial charge in [0.25, 0.3) is 0 Å². The molecule has 0 aliphatic carbocycles. The van der Waals surface area contributed by atoms with E-state index in [-0.39, 0.29) is 18.0 Å². The Kier molecular flexibility index (Phi) is 4.26. The van der Waals surface area contributed by atoms with Crippen molar-refractivity contribution in [3.63, 3.8) is 0 Å². The van der Waals surface area contributed by atoms with Crippen molar-refractivity contribution in [2.75, 3.05) is 0 Å². The van der Waals surface area contributed by atoms with E-state index >= 15 is 0 Å². The molecule has 1 rings (SSSR count). The molecular weight excluding hydrogens is 164 g/mol. The van der Waals surface area contributed by atoms with Gasteiger partial charge in [0.1, 0.15) is 6.10 Å². The van der Waals surface area contributed by atoms with Crippen molar-refractivity contribution in [3.05, 3.63) is 0 Å². The minimum absolute atomic E-state index is 0.0444. The van der Waals surface area contributed by atoms with Crippen LogP contribution >= 0.6 is 0 Å². The van der Waals surface area contributed by atoms with Crippen LogP contribution in [0.25, 0.3) is 0 Å². The molecule has 0 aromatic carbocycles. The first-order chi connectivity index (χ1) is 6.27. The fourth-order valence-electron chi connectivity index (χ4n) is 1.91. The zero-order valence-electron chi connectivity index (χ0n) is 8.71. The van der Waals surface area contributed by atoms with Gasteiger partial charge in [-0.2, -0.15) is 0 Å². The van der Waals surface area contributed by atoms with Crippen LogP contribution in [0.3, 0.4) is 0 Å². The number of hydrogen-bond donors (Lipinski definition) is 0. The molecule has 1 heterocycles. The molecule has 0 unspecified atom stereocenters. The molecule has 0 aromatic heterocycles. The summed E-state index contributed by atoms with van der Waals surface area (Å²) in [5.41, 5.74) is 0. The van der Waals surface area contributed by atoms with Crippen molar-refractivity contribution >= 4 is 5.97 Å². The molecule has 1 fully saturated rings. The number of carbonyl (C=O) groups excluding carboxylic acids is 1. The Hall–Kier alpha value is -0.530. The van der Waals surface area contributed by atoms with Crippen molar-refractivity contribution in [3.8, 4) is 0 Å². The van der Waals surface area contributed by atoms with Gasteiger partial charge in [-0.3, -0.25) is 4.79 Å². The van der Waals surface area contributed by atoms with Gasteiger partial charge in [0.05, 0.1) is 5.92 Å². The number of cyclic esters (lactones) is 1. The lowest BCUT2D eigenvalue weighted by atomic mass is 9.98. The summed E-state index contributed by atoms with van der Waals surface area (Å²) >= 11 is 0. The summed E-state index contributed by atoms with van der Waals surface area (Å²) in [6, 6.07) is 0. The smallest absolute Gasteiger partial charge is 0.309 e. The van der Waals surface area contributed by atoms with Crippen LogP contribution in [0, 0.1) is 5.92 Å². The molecule has 13 heavy (non-hydrogen) atoms. The predicted molar refractivity (Wildman–Crippen MR) is 52.4 cm³/mol.